The Hall–Kier alpha value is -2.02. The van der Waals surface area contributed by atoms with Crippen molar-refractivity contribution >= 4 is 29.5 Å². The molecular weight excluding hydrogens is 376 g/mol. The van der Waals surface area contributed by atoms with Crippen LogP contribution >= 0.6 is 11.8 Å². The first-order chi connectivity index (χ1) is 13.3. The highest BCUT2D eigenvalue weighted by molar-refractivity contribution is 8.00. The quantitative estimate of drug-likeness (QED) is 0.557. The van der Waals surface area contributed by atoms with Crippen molar-refractivity contribution in [3.05, 3.63) is 29.8 Å². The Morgan fingerprint density at radius 2 is 1.89 bits per heavy atom. The third-order valence-electron chi connectivity index (χ3n) is 5.34. The number of nitrogens with zero attached hydrogens (tertiary/aromatic N) is 1. The van der Waals surface area contributed by atoms with Gasteiger partial charge < -0.3 is 15.0 Å². The van der Waals surface area contributed by atoms with Crippen molar-refractivity contribution in [2.75, 3.05) is 26.5 Å². The van der Waals surface area contributed by atoms with Gasteiger partial charge in [0.1, 0.15) is 0 Å². The van der Waals surface area contributed by atoms with Crippen LogP contribution in [0.5, 0.6) is 0 Å². The van der Waals surface area contributed by atoms with Crippen LogP contribution in [0.2, 0.25) is 0 Å². The summed E-state index contributed by atoms with van der Waals surface area (Å²) in [6.07, 6.45) is 3.25. The van der Waals surface area contributed by atoms with Gasteiger partial charge in [0.05, 0.1) is 11.3 Å². The zero-order chi connectivity index (χ0) is 20.7. The third kappa shape index (κ3) is 6.26. The molecule has 0 aliphatic heterocycles. The van der Waals surface area contributed by atoms with Crippen molar-refractivity contribution in [1.29, 1.82) is 0 Å². The van der Waals surface area contributed by atoms with E-state index in [0.717, 1.165) is 12.8 Å². The lowest BCUT2D eigenvalue weighted by Crippen LogP contribution is -2.45. The van der Waals surface area contributed by atoms with E-state index in [-0.39, 0.29) is 30.2 Å². The van der Waals surface area contributed by atoms with Crippen LogP contribution < -0.4 is 5.32 Å². The van der Waals surface area contributed by atoms with Gasteiger partial charge in [-0.1, -0.05) is 38.8 Å². The molecule has 28 heavy (non-hydrogen) atoms. The molecule has 1 N–H and O–H groups in total. The van der Waals surface area contributed by atoms with Crippen molar-refractivity contribution in [2.24, 2.45) is 11.8 Å². The number of carbonyl (C=O) groups excluding carboxylic acids is 3. The molecule has 0 heterocycles. The van der Waals surface area contributed by atoms with Gasteiger partial charge in [0.15, 0.2) is 6.61 Å². The lowest BCUT2D eigenvalue weighted by atomic mass is 9.78. The molecule has 0 radical (unpaired) electrons. The molecule has 2 rings (SSSR count). The topological polar surface area (TPSA) is 75.7 Å². The maximum atomic E-state index is 12.4. The Labute approximate surface area is 171 Å². The summed E-state index contributed by atoms with van der Waals surface area (Å²) < 4.78 is 5.23. The number of thioether (sulfide) groups is 1. The SMILES string of the molecule is C[C@@H]1[C@H](C)CCC[C@H]1NC(=O)COC(=O)c1ccccc1SCC(=O)N(C)C. The van der Waals surface area contributed by atoms with Crippen LogP contribution in [0.25, 0.3) is 0 Å². The Morgan fingerprint density at radius 3 is 2.61 bits per heavy atom. The van der Waals surface area contributed by atoms with Crippen LogP contribution in [0, 0.1) is 11.8 Å². The van der Waals surface area contributed by atoms with Gasteiger partial charge in [-0.25, -0.2) is 4.79 Å². The highest BCUT2D eigenvalue weighted by Crippen LogP contribution is 2.29. The van der Waals surface area contributed by atoms with Crippen LogP contribution in [-0.2, 0) is 14.3 Å². The monoisotopic (exact) mass is 406 g/mol. The summed E-state index contributed by atoms with van der Waals surface area (Å²) in [4.78, 5) is 38.6. The van der Waals surface area contributed by atoms with Gasteiger partial charge in [0.25, 0.3) is 5.91 Å². The minimum Gasteiger partial charge on any atom is -0.452 e. The van der Waals surface area contributed by atoms with Gasteiger partial charge in [-0.3, -0.25) is 9.59 Å². The zero-order valence-electron chi connectivity index (χ0n) is 17.1. The van der Waals surface area contributed by atoms with E-state index in [1.54, 1.807) is 38.4 Å². The number of benzene rings is 1. The predicted octanol–water partition coefficient (Wildman–Crippen LogP) is 2.96. The number of hydrogen-bond donors (Lipinski definition) is 1. The molecule has 0 spiro atoms. The molecule has 0 saturated heterocycles. The molecule has 3 atom stereocenters. The fourth-order valence-corrected chi connectivity index (χ4v) is 4.29. The molecular formula is C21H30N2O4S. The number of ether oxygens (including phenoxy) is 1. The molecule has 1 saturated carbocycles. The first kappa shape index (κ1) is 22.3. The number of hydrogen-bond acceptors (Lipinski definition) is 5. The summed E-state index contributed by atoms with van der Waals surface area (Å²) in [5, 5.41) is 3.00. The Kier molecular flexibility index (Phi) is 8.35. The molecule has 1 aliphatic rings. The molecule has 0 aromatic heterocycles. The molecule has 154 valence electrons. The molecule has 7 heteroatoms. The van der Waals surface area contributed by atoms with Gasteiger partial charge >= 0.3 is 5.97 Å². The molecule has 1 fully saturated rings. The number of amides is 2. The van der Waals surface area contributed by atoms with E-state index in [1.165, 1.54) is 23.1 Å². The second kappa shape index (κ2) is 10.5. The summed E-state index contributed by atoms with van der Waals surface area (Å²) >= 11 is 1.28. The number of rotatable bonds is 7. The molecule has 0 bridgehead atoms. The fourth-order valence-electron chi connectivity index (χ4n) is 3.27. The fraction of sp³-hybridized carbons (Fsp3) is 0.571. The van der Waals surface area contributed by atoms with E-state index in [4.69, 9.17) is 4.74 Å². The minimum atomic E-state index is -0.555. The normalized spacial score (nSPS) is 21.6. The summed E-state index contributed by atoms with van der Waals surface area (Å²) in [5.74, 6) is 0.363. The highest BCUT2D eigenvalue weighted by Gasteiger charge is 2.28. The van der Waals surface area contributed by atoms with Crippen LogP contribution in [-0.4, -0.2) is 55.2 Å². The predicted molar refractivity (Wildman–Crippen MR) is 110 cm³/mol. The molecule has 1 aromatic rings. The van der Waals surface area contributed by atoms with Gasteiger partial charge in [0.2, 0.25) is 5.91 Å². The Balaban J connectivity index is 1.89. The second-order valence-electron chi connectivity index (χ2n) is 7.59. The molecule has 1 aromatic carbocycles. The van der Waals surface area contributed by atoms with Crippen molar-refractivity contribution in [3.63, 3.8) is 0 Å². The van der Waals surface area contributed by atoms with E-state index in [2.05, 4.69) is 19.2 Å². The smallest absolute Gasteiger partial charge is 0.339 e. The van der Waals surface area contributed by atoms with E-state index in [0.29, 0.717) is 22.3 Å². The lowest BCUT2D eigenvalue weighted by Gasteiger charge is -2.34. The van der Waals surface area contributed by atoms with Crippen LogP contribution in [0.3, 0.4) is 0 Å². The average molecular weight is 407 g/mol. The molecule has 2 amide bonds. The maximum Gasteiger partial charge on any atom is 0.339 e. The largest absolute Gasteiger partial charge is 0.452 e. The molecule has 6 nitrogen and oxygen atoms in total. The summed E-state index contributed by atoms with van der Waals surface area (Å²) in [6, 6.07) is 7.09. The van der Waals surface area contributed by atoms with Gasteiger partial charge in [-0.15, -0.1) is 11.8 Å². The molecule has 1 aliphatic carbocycles. The van der Waals surface area contributed by atoms with Crippen molar-refractivity contribution < 1.29 is 19.1 Å². The average Bonchev–Trinajstić information content (AvgIpc) is 2.68. The zero-order valence-corrected chi connectivity index (χ0v) is 17.9. The first-order valence-corrected chi connectivity index (χ1v) is 10.7. The van der Waals surface area contributed by atoms with E-state index >= 15 is 0 Å². The van der Waals surface area contributed by atoms with Gasteiger partial charge in [0, 0.05) is 25.0 Å². The van der Waals surface area contributed by atoms with Crippen molar-refractivity contribution in [3.8, 4) is 0 Å². The number of esters is 1. The van der Waals surface area contributed by atoms with E-state index in [1.807, 2.05) is 0 Å². The first-order valence-electron chi connectivity index (χ1n) is 9.68. The summed E-state index contributed by atoms with van der Waals surface area (Å²) in [7, 11) is 3.38. The lowest BCUT2D eigenvalue weighted by molar-refractivity contribution is -0.126. The Morgan fingerprint density at radius 1 is 1.18 bits per heavy atom. The summed E-state index contributed by atoms with van der Waals surface area (Å²) in [6.45, 7) is 4.06. The maximum absolute atomic E-state index is 12.4. The number of carbonyl (C=O) groups is 3. The highest BCUT2D eigenvalue weighted by atomic mass is 32.2. The minimum absolute atomic E-state index is 0.0385. The number of nitrogens with one attached hydrogen (secondary N) is 1. The van der Waals surface area contributed by atoms with E-state index in [9.17, 15) is 14.4 Å². The van der Waals surface area contributed by atoms with Crippen molar-refractivity contribution in [1.82, 2.24) is 10.2 Å². The van der Waals surface area contributed by atoms with Gasteiger partial charge in [-0.2, -0.15) is 0 Å². The van der Waals surface area contributed by atoms with Crippen LogP contribution in [0.1, 0.15) is 43.5 Å². The second-order valence-corrected chi connectivity index (χ2v) is 8.61. The Bertz CT molecular complexity index is 707. The standard InChI is InChI=1S/C21H30N2O4S/c1-14-8-7-10-17(15(14)2)22-19(24)12-27-21(26)16-9-5-6-11-18(16)28-13-20(25)23(3)4/h5-6,9,11,14-15,17H,7-8,10,12-13H2,1-4H3,(H,22,24)/t14-,15-,17-/m1/s1. The van der Waals surface area contributed by atoms with Crippen molar-refractivity contribution in [2.45, 2.75) is 44.0 Å². The molecule has 0 unspecified atom stereocenters. The summed E-state index contributed by atoms with van der Waals surface area (Å²) in [5.41, 5.74) is 0.367. The van der Waals surface area contributed by atoms with Gasteiger partial charge in [-0.05, 0) is 30.4 Å². The van der Waals surface area contributed by atoms with E-state index < -0.39 is 5.97 Å². The third-order valence-corrected chi connectivity index (χ3v) is 6.40. The van der Waals surface area contributed by atoms with Crippen LogP contribution in [0.15, 0.2) is 29.2 Å². The van der Waals surface area contributed by atoms with Crippen LogP contribution in [0.4, 0.5) is 0 Å².